The lowest BCUT2D eigenvalue weighted by atomic mass is 10.1. The van der Waals surface area contributed by atoms with Crippen LogP contribution in [-0.4, -0.2) is 15.3 Å². The van der Waals surface area contributed by atoms with Gasteiger partial charge < -0.3 is 0 Å². The highest BCUT2D eigenvalue weighted by atomic mass is 16.6. The van der Waals surface area contributed by atoms with Gasteiger partial charge in [-0.15, -0.1) is 0 Å². The SMILES string of the molecule is Nc1n(CC(=O)c2cccc([N+](=O)[O-])c2)c2ccccc2[n+]1Cc1ccccc1. The van der Waals surface area contributed by atoms with Crippen LogP contribution in [0.4, 0.5) is 11.6 Å². The molecule has 7 nitrogen and oxygen atoms in total. The number of nitro benzene ring substituents is 1. The Kier molecular flexibility index (Phi) is 4.78. The summed E-state index contributed by atoms with van der Waals surface area (Å²) in [5, 5.41) is 11.0. The third-order valence-corrected chi connectivity index (χ3v) is 4.88. The van der Waals surface area contributed by atoms with Gasteiger partial charge in [-0.25, -0.2) is 9.13 Å². The highest BCUT2D eigenvalue weighted by Gasteiger charge is 2.23. The molecule has 7 heteroatoms. The van der Waals surface area contributed by atoms with E-state index in [1.807, 2.05) is 59.2 Å². The average Bonchev–Trinajstić information content (AvgIpc) is 3.00. The van der Waals surface area contributed by atoms with E-state index < -0.39 is 4.92 Å². The van der Waals surface area contributed by atoms with Gasteiger partial charge in [0.1, 0.15) is 17.6 Å². The van der Waals surface area contributed by atoms with Gasteiger partial charge in [-0.2, -0.15) is 0 Å². The molecule has 0 aliphatic heterocycles. The summed E-state index contributed by atoms with van der Waals surface area (Å²) in [4.78, 5) is 23.3. The van der Waals surface area contributed by atoms with Gasteiger partial charge in [-0.3, -0.25) is 20.6 Å². The number of imidazole rings is 1. The second-order valence-corrected chi connectivity index (χ2v) is 6.74. The van der Waals surface area contributed by atoms with Crippen molar-refractivity contribution >= 4 is 28.5 Å². The number of aromatic nitrogens is 2. The summed E-state index contributed by atoms with van der Waals surface area (Å²) in [6, 6.07) is 23.4. The summed E-state index contributed by atoms with van der Waals surface area (Å²) >= 11 is 0. The van der Waals surface area contributed by atoms with Crippen LogP contribution in [0.5, 0.6) is 0 Å². The number of ketones is 1. The van der Waals surface area contributed by atoms with Crippen molar-refractivity contribution in [3.8, 4) is 0 Å². The Hall–Kier alpha value is -4.00. The van der Waals surface area contributed by atoms with Gasteiger partial charge in [0.25, 0.3) is 5.69 Å². The minimum atomic E-state index is -0.510. The molecule has 29 heavy (non-hydrogen) atoms. The topological polar surface area (TPSA) is 95.0 Å². The molecule has 0 saturated heterocycles. The molecule has 1 heterocycles. The Labute approximate surface area is 166 Å². The number of nitro groups is 1. The Morgan fingerprint density at radius 2 is 1.72 bits per heavy atom. The maximum Gasteiger partial charge on any atom is 0.356 e. The predicted molar refractivity (Wildman–Crippen MR) is 110 cm³/mol. The van der Waals surface area contributed by atoms with Gasteiger partial charge in [-0.1, -0.05) is 54.6 Å². The highest BCUT2D eigenvalue weighted by molar-refractivity contribution is 5.97. The number of anilines is 1. The lowest BCUT2D eigenvalue weighted by Crippen LogP contribution is -2.37. The van der Waals surface area contributed by atoms with Gasteiger partial charge in [0, 0.05) is 17.7 Å². The lowest BCUT2D eigenvalue weighted by Gasteiger charge is -2.03. The molecule has 0 radical (unpaired) electrons. The molecule has 144 valence electrons. The van der Waals surface area contributed by atoms with E-state index in [1.165, 1.54) is 18.2 Å². The molecule has 4 aromatic rings. The van der Waals surface area contributed by atoms with Crippen LogP contribution in [0.15, 0.2) is 78.9 Å². The number of carbonyl (C=O) groups is 1. The lowest BCUT2D eigenvalue weighted by molar-refractivity contribution is -0.648. The fourth-order valence-corrected chi connectivity index (χ4v) is 3.44. The Bertz CT molecular complexity index is 1220. The second kappa shape index (κ2) is 7.55. The van der Waals surface area contributed by atoms with Crippen molar-refractivity contribution in [1.82, 2.24) is 4.57 Å². The van der Waals surface area contributed by atoms with E-state index in [0.717, 1.165) is 16.6 Å². The van der Waals surface area contributed by atoms with Gasteiger partial charge in [0.05, 0.1) is 11.5 Å². The predicted octanol–water partition coefficient (Wildman–Crippen LogP) is 3.35. The van der Waals surface area contributed by atoms with Crippen LogP contribution in [0.3, 0.4) is 0 Å². The largest absolute Gasteiger partial charge is 0.356 e. The normalized spacial score (nSPS) is 10.9. The highest BCUT2D eigenvalue weighted by Crippen LogP contribution is 2.19. The molecule has 0 aliphatic carbocycles. The first-order valence-corrected chi connectivity index (χ1v) is 9.12. The van der Waals surface area contributed by atoms with Gasteiger partial charge in [0.2, 0.25) is 0 Å². The van der Waals surface area contributed by atoms with Gasteiger partial charge in [0.15, 0.2) is 5.78 Å². The number of benzene rings is 3. The maximum atomic E-state index is 12.8. The van der Waals surface area contributed by atoms with Crippen molar-refractivity contribution in [2.24, 2.45) is 0 Å². The number of nitrogens with zero attached hydrogens (tertiary/aromatic N) is 3. The standard InChI is InChI=1S/C22H18N4O3/c23-22-24(14-16-7-2-1-3-8-16)19-11-4-5-12-20(19)25(22)15-21(27)17-9-6-10-18(13-17)26(28)29/h1-13,23H,14-15H2/p+1. The zero-order valence-corrected chi connectivity index (χ0v) is 15.6. The summed E-state index contributed by atoms with van der Waals surface area (Å²) in [6.45, 7) is 0.570. The third-order valence-electron chi connectivity index (χ3n) is 4.88. The maximum absolute atomic E-state index is 12.8. The zero-order valence-electron chi connectivity index (χ0n) is 15.6. The zero-order chi connectivity index (χ0) is 20.4. The van der Waals surface area contributed by atoms with Crippen molar-refractivity contribution in [1.29, 1.82) is 0 Å². The second-order valence-electron chi connectivity index (χ2n) is 6.74. The van der Waals surface area contributed by atoms with Gasteiger partial charge >= 0.3 is 5.95 Å². The first-order chi connectivity index (χ1) is 14.0. The number of carbonyl (C=O) groups excluding carboxylic acids is 1. The minimum Gasteiger partial charge on any atom is -0.291 e. The van der Waals surface area contributed by atoms with Crippen LogP contribution in [0.2, 0.25) is 0 Å². The van der Waals surface area contributed by atoms with Crippen molar-refractivity contribution < 1.29 is 14.3 Å². The molecular weight excluding hydrogens is 368 g/mol. The molecule has 0 aliphatic rings. The molecule has 0 atom stereocenters. The smallest absolute Gasteiger partial charge is 0.291 e. The first kappa shape index (κ1) is 18.4. The summed E-state index contributed by atoms with van der Waals surface area (Å²) in [7, 11) is 0. The number of rotatable bonds is 6. The molecule has 4 rings (SSSR count). The fourth-order valence-electron chi connectivity index (χ4n) is 3.44. The van der Waals surface area contributed by atoms with E-state index >= 15 is 0 Å². The summed E-state index contributed by atoms with van der Waals surface area (Å²) in [5.74, 6) is 0.210. The van der Waals surface area contributed by atoms with Crippen LogP contribution >= 0.6 is 0 Å². The summed E-state index contributed by atoms with van der Waals surface area (Å²) in [5.41, 5.74) is 9.45. The van der Waals surface area contributed by atoms with Crippen LogP contribution < -0.4 is 10.3 Å². The number of non-ortho nitro benzene ring substituents is 1. The minimum absolute atomic E-state index is 0.00466. The molecular formula is C22H19N4O3+. The van der Waals surface area contributed by atoms with Crippen molar-refractivity contribution in [3.05, 3.63) is 100 Å². The number of nitrogens with two attached hydrogens (primary N) is 1. The molecule has 0 fully saturated rings. The average molecular weight is 387 g/mol. The molecule has 0 bridgehead atoms. The molecule has 2 N–H and O–H groups in total. The molecule has 1 aromatic heterocycles. The van der Waals surface area contributed by atoms with E-state index in [4.69, 9.17) is 5.73 Å². The van der Waals surface area contributed by atoms with Crippen LogP contribution in [-0.2, 0) is 13.1 Å². The monoisotopic (exact) mass is 387 g/mol. The number of hydrogen-bond donors (Lipinski definition) is 1. The molecule has 0 spiro atoms. The van der Waals surface area contributed by atoms with Crippen LogP contribution in [0.1, 0.15) is 15.9 Å². The van der Waals surface area contributed by atoms with E-state index in [9.17, 15) is 14.9 Å². The van der Waals surface area contributed by atoms with E-state index in [-0.39, 0.29) is 23.6 Å². The number of hydrogen-bond acceptors (Lipinski definition) is 4. The molecule has 0 unspecified atom stereocenters. The number of Topliss-reactive ketones (excluding diaryl/α,β-unsaturated/α-hetero) is 1. The van der Waals surface area contributed by atoms with E-state index in [2.05, 4.69) is 0 Å². The van der Waals surface area contributed by atoms with Crippen LogP contribution in [0.25, 0.3) is 11.0 Å². The van der Waals surface area contributed by atoms with Crippen molar-refractivity contribution in [2.45, 2.75) is 13.1 Å². The number of fused-ring (bicyclic) bond motifs is 1. The Morgan fingerprint density at radius 1 is 1.00 bits per heavy atom. The molecule has 0 saturated carbocycles. The molecule has 3 aromatic carbocycles. The van der Waals surface area contributed by atoms with Crippen molar-refractivity contribution in [2.75, 3.05) is 5.73 Å². The number of nitrogen functional groups attached to an aromatic ring is 1. The summed E-state index contributed by atoms with van der Waals surface area (Å²) < 4.78 is 3.71. The number of para-hydroxylation sites is 2. The van der Waals surface area contributed by atoms with Crippen LogP contribution in [0, 0.1) is 10.1 Å². The quantitative estimate of drug-likeness (QED) is 0.238. The van der Waals surface area contributed by atoms with Gasteiger partial charge in [-0.05, 0) is 17.7 Å². The van der Waals surface area contributed by atoms with Crippen molar-refractivity contribution in [3.63, 3.8) is 0 Å². The molecule has 0 amide bonds. The fraction of sp³-hybridized carbons (Fsp3) is 0.0909. The summed E-state index contributed by atoms with van der Waals surface area (Å²) in [6.07, 6.45) is 0. The Balaban J connectivity index is 1.73. The third kappa shape index (κ3) is 3.58. The van der Waals surface area contributed by atoms with E-state index in [1.54, 1.807) is 10.6 Å². The van der Waals surface area contributed by atoms with E-state index in [0.29, 0.717) is 12.5 Å². The Morgan fingerprint density at radius 3 is 2.48 bits per heavy atom. The first-order valence-electron chi connectivity index (χ1n) is 9.12.